The maximum Gasteiger partial charge on any atom is 0.130 e. The number of ether oxygens (including phenoxy) is 1. The van der Waals surface area contributed by atoms with E-state index in [0.717, 1.165) is 33.9 Å². The lowest BCUT2D eigenvalue weighted by molar-refractivity contribution is 0.301. The highest BCUT2D eigenvalue weighted by Gasteiger charge is 2.11. The molecule has 0 saturated carbocycles. The summed E-state index contributed by atoms with van der Waals surface area (Å²) in [5.41, 5.74) is 3.28. The van der Waals surface area contributed by atoms with Crippen LogP contribution in [0.5, 0.6) is 5.75 Å². The maximum absolute atomic E-state index is 6.01. The number of nitrogens with zero attached hydrogens (tertiary/aromatic N) is 1. The highest BCUT2D eigenvalue weighted by molar-refractivity contribution is 8.16. The standard InChI is InChI=1S/C21H23NOS2/c1-3-24-21(25-4-2)17-9-7-10-19(14-17)23-15-18-13-12-16-8-5-6-11-20(16)22-18/h5-14,21H,3-4,15H2,1-2H3. The maximum atomic E-state index is 6.01. The Morgan fingerprint density at radius 1 is 0.920 bits per heavy atom. The van der Waals surface area contributed by atoms with Gasteiger partial charge in [0.25, 0.3) is 0 Å². The number of benzene rings is 2. The summed E-state index contributed by atoms with van der Waals surface area (Å²) in [7, 11) is 0. The van der Waals surface area contributed by atoms with Crippen molar-refractivity contribution in [3.8, 4) is 5.75 Å². The molecule has 0 amide bonds. The van der Waals surface area contributed by atoms with Gasteiger partial charge < -0.3 is 4.74 Å². The summed E-state index contributed by atoms with van der Waals surface area (Å²) in [5, 5.41) is 1.16. The number of rotatable bonds is 8. The summed E-state index contributed by atoms with van der Waals surface area (Å²) in [5.74, 6) is 3.14. The molecule has 0 aliphatic carbocycles. The van der Waals surface area contributed by atoms with Crippen LogP contribution in [0.4, 0.5) is 0 Å². The summed E-state index contributed by atoms with van der Waals surface area (Å²) >= 11 is 3.95. The fourth-order valence-electron chi connectivity index (χ4n) is 2.64. The van der Waals surface area contributed by atoms with Crippen LogP contribution in [0.25, 0.3) is 10.9 Å². The number of thioether (sulfide) groups is 2. The van der Waals surface area contributed by atoms with Gasteiger partial charge in [-0.3, -0.25) is 0 Å². The van der Waals surface area contributed by atoms with Crippen molar-refractivity contribution in [2.24, 2.45) is 0 Å². The van der Waals surface area contributed by atoms with E-state index in [2.05, 4.69) is 49.2 Å². The lowest BCUT2D eigenvalue weighted by Gasteiger charge is -2.16. The van der Waals surface area contributed by atoms with Crippen LogP contribution in [0.1, 0.15) is 29.7 Å². The van der Waals surface area contributed by atoms with Crippen LogP contribution < -0.4 is 4.74 Å². The topological polar surface area (TPSA) is 22.1 Å². The Hall–Kier alpha value is -1.65. The monoisotopic (exact) mass is 369 g/mol. The van der Waals surface area contributed by atoms with Crippen molar-refractivity contribution in [2.45, 2.75) is 25.0 Å². The van der Waals surface area contributed by atoms with Crippen LogP contribution in [0.2, 0.25) is 0 Å². The van der Waals surface area contributed by atoms with Crippen molar-refractivity contribution in [3.63, 3.8) is 0 Å². The van der Waals surface area contributed by atoms with Gasteiger partial charge in [0.2, 0.25) is 0 Å². The molecule has 0 fully saturated rings. The molecule has 0 bridgehead atoms. The van der Waals surface area contributed by atoms with E-state index in [9.17, 15) is 0 Å². The Balaban J connectivity index is 1.70. The van der Waals surface area contributed by atoms with Crippen LogP contribution in [0, 0.1) is 0 Å². The zero-order valence-corrected chi connectivity index (χ0v) is 16.3. The van der Waals surface area contributed by atoms with Gasteiger partial charge in [0, 0.05) is 5.39 Å². The molecule has 0 spiro atoms. The van der Waals surface area contributed by atoms with Crippen LogP contribution >= 0.6 is 23.5 Å². The number of hydrogen-bond acceptors (Lipinski definition) is 4. The Labute approximate surface area is 158 Å². The number of fused-ring (bicyclic) bond motifs is 1. The summed E-state index contributed by atoms with van der Waals surface area (Å²) in [4.78, 5) is 4.67. The van der Waals surface area contributed by atoms with Crippen molar-refractivity contribution in [1.82, 2.24) is 4.98 Å². The zero-order valence-electron chi connectivity index (χ0n) is 14.6. The molecule has 2 nitrogen and oxygen atoms in total. The minimum Gasteiger partial charge on any atom is -0.487 e. The molecule has 0 unspecified atom stereocenters. The normalized spacial score (nSPS) is 11.2. The number of hydrogen-bond donors (Lipinski definition) is 0. The summed E-state index contributed by atoms with van der Waals surface area (Å²) in [6.07, 6.45) is 0. The van der Waals surface area contributed by atoms with E-state index in [0.29, 0.717) is 11.2 Å². The van der Waals surface area contributed by atoms with Gasteiger partial charge in [0.1, 0.15) is 12.4 Å². The molecule has 4 heteroatoms. The van der Waals surface area contributed by atoms with Gasteiger partial charge in [-0.05, 0) is 41.3 Å². The van der Waals surface area contributed by atoms with Crippen LogP contribution in [-0.2, 0) is 6.61 Å². The average molecular weight is 370 g/mol. The second-order valence-corrected chi connectivity index (χ2v) is 8.66. The van der Waals surface area contributed by atoms with Crippen molar-refractivity contribution in [2.75, 3.05) is 11.5 Å². The first-order valence-electron chi connectivity index (χ1n) is 8.60. The molecule has 0 N–H and O–H groups in total. The lowest BCUT2D eigenvalue weighted by Crippen LogP contribution is -1.99. The Morgan fingerprint density at radius 2 is 1.72 bits per heavy atom. The lowest BCUT2D eigenvalue weighted by atomic mass is 10.2. The van der Waals surface area contributed by atoms with E-state index < -0.39 is 0 Å². The quantitative estimate of drug-likeness (QED) is 0.433. The van der Waals surface area contributed by atoms with Gasteiger partial charge in [0.05, 0.1) is 15.8 Å². The highest BCUT2D eigenvalue weighted by atomic mass is 32.2. The van der Waals surface area contributed by atoms with Crippen LogP contribution in [-0.4, -0.2) is 16.5 Å². The first kappa shape index (κ1) is 18.2. The molecule has 0 saturated heterocycles. The van der Waals surface area contributed by atoms with E-state index in [1.165, 1.54) is 5.56 Å². The van der Waals surface area contributed by atoms with E-state index >= 15 is 0 Å². The predicted molar refractivity (Wildman–Crippen MR) is 112 cm³/mol. The third-order valence-electron chi connectivity index (χ3n) is 3.81. The van der Waals surface area contributed by atoms with Crippen molar-refractivity contribution >= 4 is 34.4 Å². The minimum atomic E-state index is 0.470. The van der Waals surface area contributed by atoms with Crippen LogP contribution in [0.3, 0.4) is 0 Å². The summed E-state index contributed by atoms with van der Waals surface area (Å²) in [6, 6.07) is 20.8. The van der Waals surface area contributed by atoms with Gasteiger partial charge in [-0.15, -0.1) is 23.5 Å². The molecule has 3 rings (SSSR count). The molecular weight excluding hydrogens is 346 g/mol. The molecule has 0 radical (unpaired) electrons. The molecule has 1 aromatic heterocycles. The molecule has 130 valence electrons. The number of para-hydroxylation sites is 1. The molecular formula is C21H23NOS2. The van der Waals surface area contributed by atoms with E-state index in [4.69, 9.17) is 4.74 Å². The summed E-state index contributed by atoms with van der Waals surface area (Å²) < 4.78 is 6.48. The molecule has 1 heterocycles. The zero-order chi connectivity index (χ0) is 17.5. The third-order valence-corrected chi connectivity index (χ3v) is 6.44. The molecule has 0 aliphatic rings. The first-order valence-corrected chi connectivity index (χ1v) is 10.7. The average Bonchev–Trinajstić information content (AvgIpc) is 2.66. The van der Waals surface area contributed by atoms with Gasteiger partial charge in [-0.2, -0.15) is 0 Å². The van der Waals surface area contributed by atoms with Gasteiger partial charge in [-0.25, -0.2) is 4.98 Å². The SMILES string of the molecule is CCSC(SCC)c1cccc(OCc2ccc3ccccc3n2)c1. The predicted octanol–water partition coefficient (Wildman–Crippen LogP) is 6.32. The fourth-order valence-corrected chi connectivity index (χ4v) is 5.13. The molecule has 3 aromatic rings. The fraction of sp³-hybridized carbons (Fsp3) is 0.286. The van der Waals surface area contributed by atoms with Gasteiger partial charge >= 0.3 is 0 Å². The van der Waals surface area contributed by atoms with Crippen molar-refractivity contribution in [1.29, 1.82) is 0 Å². The van der Waals surface area contributed by atoms with E-state index in [-0.39, 0.29) is 0 Å². The largest absolute Gasteiger partial charge is 0.487 e. The third kappa shape index (κ3) is 4.93. The highest BCUT2D eigenvalue weighted by Crippen LogP contribution is 2.40. The first-order chi connectivity index (χ1) is 12.3. The van der Waals surface area contributed by atoms with Crippen molar-refractivity contribution < 1.29 is 4.74 Å². The molecule has 2 aromatic carbocycles. The van der Waals surface area contributed by atoms with Crippen molar-refractivity contribution in [3.05, 3.63) is 71.9 Å². The Bertz CT molecular complexity index is 816. The number of aromatic nitrogens is 1. The second kappa shape index (κ2) is 9.16. The van der Waals surface area contributed by atoms with E-state index in [1.807, 2.05) is 53.9 Å². The minimum absolute atomic E-state index is 0.470. The summed E-state index contributed by atoms with van der Waals surface area (Å²) in [6.45, 7) is 4.90. The Morgan fingerprint density at radius 3 is 2.52 bits per heavy atom. The second-order valence-electron chi connectivity index (χ2n) is 5.60. The Kier molecular flexibility index (Phi) is 6.65. The number of pyridine rings is 1. The van der Waals surface area contributed by atoms with E-state index in [1.54, 1.807) is 0 Å². The van der Waals surface area contributed by atoms with Gasteiger partial charge in [0.15, 0.2) is 0 Å². The smallest absolute Gasteiger partial charge is 0.130 e. The van der Waals surface area contributed by atoms with Crippen LogP contribution in [0.15, 0.2) is 60.7 Å². The molecule has 0 atom stereocenters. The van der Waals surface area contributed by atoms with Gasteiger partial charge in [-0.1, -0.05) is 50.2 Å². The molecule has 25 heavy (non-hydrogen) atoms. The molecule has 0 aliphatic heterocycles.